The lowest BCUT2D eigenvalue weighted by atomic mass is 10.1. The van der Waals surface area contributed by atoms with Gasteiger partial charge in [-0.2, -0.15) is 0 Å². The maximum Gasteiger partial charge on any atom is 0.336 e. The van der Waals surface area contributed by atoms with Crippen molar-refractivity contribution in [1.29, 1.82) is 0 Å². The Labute approximate surface area is 130 Å². The molecule has 0 fully saturated rings. The fraction of sp³-hybridized carbons (Fsp3) is 0.278. The number of carbonyl (C=O) groups is 1. The molecule has 0 radical (unpaired) electrons. The van der Waals surface area contributed by atoms with E-state index in [9.17, 15) is 4.79 Å². The zero-order chi connectivity index (χ0) is 15.9. The van der Waals surface area contributed by atoms with E-state index in [-0.39, 0.29) is 5.56 Å². The number of carboxylic acid groups (broad SMARTS) is 1. The van der Waals surface area contributed by atoms with E-state index in [0.717, 1.165) is 17.7 Å². The molecule has 0 aromatic heterocycles. The van der Waals surface area contributed by atoms with Crippen LogP contribution in [0.25, 0.3) is 0 Å². The summed E-state index contributed by atoms with van der Waals surface area (Å²) in [7, 11) is 0. The Morgan fingerprint density at radius 2 is 1.55 bits per heavy atom. The average molecular weight is 300 g/mol. The first-order valence-corrected chi connectivity index (χ1v) is 7.22. The van der Waals surface area contributed by atoms with Crippen LogP contribution in [0.3, 0.4) is 0 Å². The molecule has 0 saturated heterocycles. The van der Waals surface area contributed by atoms with Crippen molar-refractivity contribution in [3.05, 3.63) is 59.2 Å². The molecule has 0 bridgehead atoms. The van der Waals surface area contributed by atoms with Crippen LogP contribution < -0.4 is 9.47 Å². The highest BCUT2D eigenvalue weighted by Gasteiger charge is 2.08. The molecule has 2 rings (SSSR count). The van der Waals surface area contributed by atoms with Crippen LogP contribution in [0.4, 0.5) is 0 Å². The molecule has 0 saturated carbocycles. The van der Waals surface area contributed by atoms with E-state index in [0.29, 0.717) is 19.0 Å². The third-order valence-corrected chi connectivity index (χ3v) is 3.29. The minimum Gasteiger partial charge on any atom is -0.493 e. The third-order valence-electron chi connectivity index (χ3n) is 3.29. The van der Waals surface area contributed by atoms with Crippen LogP contribution in [0.5, 0.6) is 11.5 Å². The van der Waals surface area contributed by atoms with Gasteiger partial charge >= 0.3 is 5.97 Å². The summed E-state index contributed by atoms with van der Waals surface area (Å²) >= 11 is 0. The molecule has 1 N–H and O–H groups in total. The first-order chi connectivity index (χ1) is 10.6. The van der Waals surface area contributed by atoms with Gasteiger partial charge in [-0.05, 0) is 43.7 Å². The second-order valence-corrected chi connectivity index (χ2v) is 5.15. The fourth-order valence-corrected chi connectivity index (χ4v) is 1.99. The highest BCUT2D eigenvalue weighted by atomic mass is 16.5. The first-order valence-electron chi connectivity index (χ1n) is 7.22. The number of rotatable bonds is 7. The number of carboxylic acids is 1. The predicted octanol–water partition coefficient (Wildman–Crippen LogP) is 3.85. The summed E-state index contributed by atoms with van der Waals surface area (Å²) in [6, 6.07) is 13.0. The Morgan fingerprint density at radius 3 is 2.18 bits per heavy atom. The van der Waals surface area contributed by atoms with Gasteiger partial charge in [0.1, 0.15) is 11.5 Å². The van der Waals surface area contributed by atoms with E-state index in [2.05, 4.69) is 0 Å². The Morgan fingerprint density at radius 1 is 0.955 bits per heavy atom. The molecule has 2 aromatic carbocycles. The van der Waals surface area contributed by atoms with Crippen LogP contribution >= 0.6 is 0 Å². The van der Waals surface area contributed by atoms with Crippen LogP contribution in [-0.4, -0.2) is 24.3 Å². The fourth-order valence-electron chi connectivity index (χ4n) is 1.99. The molecule has 116 valence electrons. The van der Waals surface area contributed by atoms with Crippen molar-refractivity contribution in [3.8, 4) is 11.5 Å². The van der Waals surface area contributed by atoms with Gasteiger partial charge in [0.15, 0.2) is 0 Å². The molecule has 4 heteroatoms. The van der Waals surface area contributed by atoms with Crippen molar-refractivity contribution in [2.75, 3.05) is 13.2 Å². The summed E-state index contributed by atoms with van der Waals surface area (Å²) in [6.45, 7) is 4.84. The maximum atomic E-state index is 11.1. The minimum absolute atomic E-state index is 0.272. The van der Waals surface area contributed by atoms with Gasteiger partial charge in [-0.25, -0.2) is 4.79 Å². The quantitative estimate of drug-likeness (QED) is 0.789. The highest BCUT2D eigenvalue weighted by molar-refractivity contribution is 5.89. The standard InChI is InChI=1S/C18H20O4/c1-13-4-7-15(8-5-13)21-10-3-11-22-16-9-6-14(2)17(12-16)18(19)20/h4-9,12H,3,10-11H2,1-2H3,(H,19,20). The lowest BCUT2D eigenvalue weighted by Crippen LogP contribution is -2.06. The van der Waals surface area contributed by atoms with Crippen LogP contribution in [0.2, 0.25) is 0 Å². The summed E-state index contributed by atoms with van der Waals surface area (Å²) in [6.07, 6.45) is 0.726. The van der Waals surface area contributed by atoms with Crippen molar-refractivity contribution < 1.29 is 19.4 Å². The minimum atomic E-state index is -0.939. The van der Waals surface area contributed by atoms with Gasteiger partial charge in [-0.15, -0.1) is 0 Å². The largest absolute Gasteiger partial charge is 0.493 e. The van der Waals surface area contributed by atoms with E-state index < -0.39 is 5.97 Å². The molecule has 2 aromatic rings. The number of benzene rings is 2. The summed E-state index contributed by atoms with van der Waals surface area (Å²) in [5.74, 6) is 0.470. The molecule has 4 nitrogen and oxygen atoms in total. The van der Waals surface area contributed by atoms with E-state index in [1.807, 2.05) is 31.2 Å². The smallest absolute Gasteiger partial charge is 0.336 e. The van der Waals surface area contributed by atoms with Crippen LogP contribution in [0.1, 0.15) is 27.9 Å². The molecule has 0 spiro atoms. The van der Waals surface area contributed by atoms with E-state index in [1.54, 1.807) is 25.1 Å². The number of hydrogen-bond acceptors (Lipinski definition) is 3. The second-order valence-electron chi connectivity index (χ2n) is 5.15. The summed E-state index contributed by atoms with van der Waals surface area (Å²) < 4.78 is 11.2. The molecule has 0 heterocycles. The predicted molar refractivity (Wildman–Crippen MR) is 84.9 cm³/mol. The molecule has 0 atom stereocenters. The van der Waals surface area contributed by atoms with E-state index in [1.165, 1.54) is 5.56 Å². The molecular formula is C18H20O4. The maximum absolute atomic E-state index is 11.1. The first kappa shape index (κ1) is 15.9. The van der Waals surface area contributed by atoms with Crippen molar-refractivity contribution in [1.82, 2.24) is 0 Å². The Bertz CT molecular complexity index is 632. The zero-order valence-corrected chi connectivity index (χ0v) is 12.8. The second kappa shape index (κ2) is 7.50. The lowest BCUT2D eigenvalue weighted by Gasteiger charge is -2.09. The number of hydrogen-bond donors (Lipinski definition) is 1. The molecule has 0 unspecified atom stereocenters. The normalized spacial score (nSPS) is 10.3. The van der Waals surface area contributed by atoms with Gasteiger partial charge in [-0.1, -0.05) is 23.8 Å². The van der Waals surface area contributed by atoms with Gasteiger partial charge in [-0.3, -0.25) is 0 Å². The topological polar surface area (TPSA) is 55.8 Å². The average Bonchev–Trinajstić information content (AvgIpc) is 2.50. The van der Waals surface area contributed by atoms with Crippen molar-refractivity contribution >= 4 is 5.97 Å². The third kappa shape index (κ3) is 4.52. The van der Waals surface area contributed by atoms with Gasteiger partial charge in [0, 0.05) is 6.42 Å². The Hall–Kier alpha value is -2.49. The van der Waals surface area contributed by atoms with Crippen LogP contribution in [-0.2, 0) is 0 Å². The highest BCUT2D eigenvalue weighted by Crippen LogP contribution is 2.18. The number of aromatic carboxylic acids is 1. The summed E-state index contributed by atoms with van der Waals surface area (Å²) in [5.41, 5.74) is 2.19. The number of aryl methyl sites for hydroxylation is 2. The van der Waals surface area contributed by atoms with Gasteiger partial charge < -0.3 is 14.6 Å². The van der Waals surface area contributed by atoms with Crippen molar-refractivity contribution in [3.63, 3.8) is 0 Å². The van der Waals surface area contributed by atoms with Crippen molar-refractivity contribution in [2.24, 2.45) is 0 Å². The Kier molecular flexibility index (Phi) is 5.42. The molecule has 0 aliphatic carbocycles. The Balaban J connectivity index is 1.76. The molecule has 0 aliphatic rings. The van der Waals surface area contributed by atoms with E-state index in [4.69, 9.17) is 14.6 Å². The number of ether oxygens (including phenoxy) is 2. The SMILES string of the molecule is Cc1ccc(OCCCOc2ccc(C)c(C(=O)O)c2)cc1. The lowest BCUT2D eigenvalue weighted by molar-refractivity contribution is 0.0695. The molecule has 22 heavy (non-hydrogen) atoms. The summed E-state index contributed by atoms with van der Waals surface area (Å²) in [4.78, 5) is 11.1. The summed E-state index contributed by atoms with van der Waals surface area (Å²) in [5, 5.41) is 9.07. The zero-order valence-electron chi connectivity index (χ0n) is 12.8. The van der Waals surface area contributed by atoms with Gasteiger partial charge in [0.2, 0.25) is 0 Å². The molecule has 0 aliphatic heterocycles. The molecular weight excluding hydrogens is 280 g/mol. The molecule has 0 amide bonds. The van der Waals surface area contributed by atoms with Crippen LogP contribution in [0, 0.1) is 13.8 Å². The monoisotopic (exact) mass is 300 g/mol. The van der Waals surface area contributed by atoms with Crippen molar-refractivity contribution in [2.45, 2.75) is 20.3 Å². The van der Waals surface area contributed by atoms with Crippen LogP contribution in [0.15, 0.2) is 42.5 Å². The van der Waals surface area contributed by atoms with E-state index >= 15 is 0 Å². The van der Waals surface area contributed by atoms with Gasteiger partial charge in [0.05, 0.1) is 18.8 Å². The van der Waals surface area contributed by atoms with Gasteiger partial charge in [0.25, 0.3) is 0 Å².